The quantitative estimate of drug-likeness (QED) is 0.622. The Morgan fingerprint density at radius 1 is 1.67 bits per heavy atom. The molecule has 0 saturated heterocycles. The van der Waals surface area contributed by atoms with Gasteiger partial charge >= 0.3 is 0 Å². The van der Waals surface area contributed by atoms with Crippen molar-refractivity contribution in [3.63, 3.8) is 0 Å². The third kappa shape index (κ3) is 1.89. The van der Waals surface area contributed by atoms with Crippen molar-refractivity contribution < 1.29 is 0 Å². The molecule has 0 saturated carbocycles. The van der Waals surface area contributed by atoms with Gasteiger partial charge < -0.3 is 5.32 Å². The number of nitrogens with zero attached hydrogens (tertiary/aromatic N) is 3. The van der Waals surface area contributed by atoms with Gasteiger partial charge in [0.25, 0.3) is 0 Å². The predicted molar refractivity (Wildman–Crippen MR) is 37.8 cm³/mol. The van der Waals surface area contributed by atoms with Gasteiger partial charge in [0.2, 0.25) is 0 Å². The van der Waals surface area contributed by atoms with Gasteiger partial charge in [-0.05, 0) is 0 Å². The first-order valence-corrected chi connectivity index (χ1v) is 2.37. The van der Waals surface area contributed by atoms with Crippen molar-refractivity contribution in [3.05, 3.63) is 6.20 Å². The fourth-order valence-corrected chi connectivity index (χ4v) is 0.462. The average Bonchev–Trinajstić information content (AvgIpc) is 2.14. The monoisotopic (exact) mass is 148 g/mol. The van der Waals surface area contributed by atoms with Gasteiger partial charge in [-0.25, -0.2) is 0 Å². The molecule has 0 aliphatic carbocycles. The molecule has 0 amide bonds. The fraction of sp³-hybridized carbons (Fsp3) is 0.500. The summed E-state index contributed by atoms with van der Waals surface area (Å²) in [5, 5.41) is 10.3. The molecule has 0 atom stereocenters. The Hall–Kier alpha value is -0.770. The summed E-state index contributed by atoms with van der Waals surface area (Å²) in [5.41, 5.74) is 0. The van der Waals surface area contributed by atoms with Crippen LogP contribution < -0.4 is 5.32 Å². The number of hydrogen-bond acceptors (Lipinski definition) is 3. The smallest absolute Gasteiger partial charge is 0.168 e. The molecule has 0 fully saturated rings. The molecule has 0 radical (unpaired) electrons. The van der Waals surface area contributed by atoms with Crippen LogP contribution in [0.1, 0.15) is 0 Å². The van der Waals surface area contributed by atoms with E-state index in [0.717, 1.165) is 5.82 Å². The second kappa shape index (κ2) is 3.29. The van der Waals surface area contributed by atoms with Crippen LogP contribution in [0.4, 0.5) is 5.82 Å². The van der Waals surface area contributed by atoms with Crippen molar-refractivity contribution in [3.8, 4) is 0 Å². The minimum atomic E-state index is 0. The van der Waals surface area contributed by atoms with Crippen molar-refractivity contribution in [1.82, 2.24) is 15.0 Å². The lowest BCUT2D eigenvalue weighted by Gasteiger charge is -1.83. The molecule has 0 bridgehead atoms. The summed E-state index contributed by atoms with van der Waals surface area (Å²) in [6, 6.07) is 0. The zero-order valence-electron chi connectivity index (χ0n) is 5.33. The van der Waals surface area contributed by atoms with Gasteiger partial charge in [-0.15, -0.1) is 17.5 Å². The maximum atomic E-state index is 3.74. The van der Waals surface area contributed by atoms with Gasteiger partial charge in [0.05, 0.1) is 6.20 Å². The van der Waals surface area contributed by atoms with Crippen LogP contribution in [0.5, 0.6) is 0 Å². The summed E-state index contributed by atoms with van der Waals surface area (Å²) >= 11 is 0. The van der Waals surface area contributed by atoms with E-state index in [0.29, 0.717) is 0 Å². The van der Waals surface area contributed by atoms with Crippen molar-refractivity contribution in [2.24, 2.45) is 7.05 Å². The molecular formula is C4H9ClN4. The molecule has 0 unspecified atom stereocenters. The Labute approximate surface area is 59.7 Å². The molecule has 1 aromatic heterocycles. The lowest BCUT2D eigenvalue weighted by molar-refractivity contribution is 0.715. The summed E-state index contributed by atoms with van der Waals surface area (Å²) in [6.07, 6.45) is 1.81. The van der Waals surface area contributed by atoms with Gasteiger partial charge in [0.15, 0.2) is 5.82 Å². The number of aryl methyl sites for hydroxylation is 1. The van der Waals surface area contributed by atoms with Crippen LogP contribution in [0.15, 0.2) is 6.20 Å². The molecule has 1 heterocycles. The number of hydrogen-bond donors (Lipinski definition) is 1. The van der Waals surface area contributed by atoms with Crippen LogP contribution in [-0.4, -0.2) is 22.0 Å². The minimum Gasteiger partial charge on any atom is -0.370 e. The highest BCUT2D eigenvalue weighted by atomic mass is 35.5. The molecule has 0 aliphatic rings. The standard InChI is InChI=1S/C4H8N4.ClH/c1-5-4-3-8(2)7-6-4;/h3,5H,1-2H3;1H. The molecule has 9 heavy (non-hydrogen) atoms. The summed E-state index contributed by atoms with van der Waals surface area (Å²) in [6.45, 7) is 0. The molecule has 1 rings (SSSR count). The summed E-state index contributed by atoms with van der Waals surface area (Å²) < 4.78 is 1.64. The third-order valence-corrected chi connectivity index (χ3v) is 0.859. The second-order valence-corrected chi connectivity index (χ2v) is 1.53. The lowest BCUT2D eigenvalue weighted by atomic mass is 10.7. The number of aromatic nitrogens is 3. The van der Waals surface area contributed by atoms with E-state index in [9.17, 15) is 0 Å². The first-order chi connectivity index (χ1) is 3.83. The van der Waals surface area contributed by atoms with E-state index in [4.69, 9.17) is 0 Å². The molecular weight excluding hydrogens is 140 g/mol. The van der Waals surface area contributed by atoms with Gasteiger partial charge in [0.1, 0.15) is 0 Å². The van der Waals surface area contributed by atoms with E-state index in [1.165, 1.54) is 0 Å². The lowest BCUT2D eigenvalue weighted by Crippen LogP contribution is -1.85. The largest absolute Gasteiger partial charge is 0.370 e. The SMILES string of the molecule is CNc1cn(C)nn1.Cl. The van der Waals surface area contributed by atoms with Crippen molar-refractivity contribution in [1.29, 1.82) is 0 Å². The summed E-state index contributed by atoms with van der Waals surface area (Å²) in [7, 11) is 3.64. The first-order valence-electron chi connectivity index (χ1n) is 2.37. The van der Waals surface area contributed by atoms with Crippen LogP contribution in [-0.2, 0) is 7.05 Å². The molecule has 0 aliphatic heterocycles. The highest BCUT2D eigenvalue weighted by Gasteiger charge is 1.88. The Morgan fingerprint density at radius 3 is 2.56 bits per heavy atom. The van der Waals surface area contributed by atoms with Gasteiger partial charge in [0, 0.05) is 14.1 Å². The van der Waals surface area contributed by atoms with Crippen LogP contribution in [0, 0.1) is 0 Å². The summed E-state index contributed by atoms with van der Waals surface area (Å²) in [5.74, 6) is 0.799. The highest BCUT2D eigenvalue weighted by molar-refractivity contribution is 5.85. The molecule has 52 valence electrons. The third-order valence-electron chi connectivity index (χ3n) is 0.859. The average molecular weight is 149 g/mol. The molecule has 0 aromatic carbocycles. The number of anilines is 1. The number of halogens is 1. The molecule has 1 aromatic rings. The highest BCUT2D eigenvalue weighted by Crippen LogP contribution is 1.93. The molecule has 4 nitrogen and oxygen atoms in total. The Kier molecular flexibility index (Phi) is 3.01. The minimum absolute atomic E-state index is 0. The Balaban J connectivity index is 0.000000640. The second-order valence-electron chi connectivity index (χ2n) is 1.53. The molecule has 0 spiro atoms. The maximum absolute atomic E-state index is 3.74. The molecule has 5 heteroatoms. The zero-order valence-corrected chi connectivity index (χ0v) is 6.14. The van der Waals surface area contributed by atoms with E-state index in [-0.39, 0.29) is 12.4 Å². The van der Waals surface area contributed by atoms with Crippen LogP contribution in [0.3, 0.4) is 0 Å². The predicted octanol–water partition coefficient (Wildman–Crippen LogP) is 0.279. The number of rotatable bonds is 1. The van der Waals surface area contributed by atoms with Gasteiger partial charge in [-0.1, -0.05) is 5.21 Å². The van der Waals surface area contributed by atoms with Crippen LogP contribution in [0.2, 0.25) is 0 Å². The van der Waals surface area contributed by atoms with E-state index in [1.54, 1.807) is 10.9 Å². The number of nitrogens with one attached hydrogen (secondary N) is 1. The first kappa shape index (κ1) is 8.23. The Bertz CT molecular complexity index is 173. The van der Waals surface area contributed by atoms with Crippen molar-refractivity contribution in [2.45, 2.75) is 0 Å². The Morgan fingerprint density at radius 2 is 2.33 bits per heavy atom. The normalized spacial score (nSPS) is 8.22. The fourth-order valence-electron chi connectivity index (χ4n) is 0.462. The van der Waals surface area contributed by atoms with E-state index < -0.39 is 0 Å². The maximum Gasteiger partial charge on any atom is 0.168 e. The van der Waals surface area contributed by atoms with E-state index >= 15 is 0 Å². The van der Waals surface area contributed by atoms with E-state index in [1.807, 2.05) is 14.1 Å². The zero-order chi connectivity index (χ0) is 5.98. The van der Waals surface area contributed by atoms with Gasteiger partial charge in [-0.2, -0.15) is 0 Å². The van der Waals surface area contributed by atoms with Crippen LogP contribution >= 0.6 is 12.4 Å². The van der Waals surface area contributed by atoms with Crippen LogP contribution in [0.25, 0.3) is 0 Å². The summed E-state index contributed by atoms with van der Waals surface area (Å²) in [4.78, 5) is 0. The molecule has 1 N–H and O–H groups in total. The van der Waals surface area contributed by atoms with Gasteiger partial charge in [-0.3, -0.25) is 4.68 Å². The topological polar surface area (TPSA) is 42.7 Å². The van der Waals surface area contributed by atoms with Crippen molar-refractivity contribution in [2.75, 3.05) is 12.4 Å². The van der Waals surface area contributed by atoms with Crippen molar-refractivity contribution >= 4 is 18.2 Å². The van der Waals surface area contributed by atoms with E-state index in [2.05, 4.69) is 15.6 Å².